The number of halogens is 1. The maximum Gasteiger partial charge on any atom is 0.237 e. The van der Waals surface area contributed by atoms with Crippen LogP contribution in [-0.4, -0.2) is 29.9 Å². The first kappa shape index (κ1) is 17.5. The van der Waals surface area contributed by atoms with E-state index in [4.69, 9.17) is 4.52 Å². The minimum atomic E-state index is -0.308. The summed E-state index contributed by atoms with van der Waals surface area (Å²) in [7, 11) is 0. The van der Waals surface area contributed by atoms with Crippen LogP contribution in [0.25, 0.3) is 28.1 Å². The van der Waals surface area contributed by atoms with E-state index < -0.39 is 0 Å². The Hall–Kier alpha value is -3.59. The first-order valence-corrected chi connectivity index (χ1v) is 9.72. The maximum atomic E-state index is 13.1. The molecule has 2 aromatic carbocycles. The van der Waals surface area contributed by atoms with Gasteiger partial charge in [0.15, 0.2) is 5.65 Å². The van der Waals surface area contributed by atoms with E-state index in [2.05, 4.69) is 25.2 Å². The van der Waals surface area contributed by atoms with Gasteiger partial charge in [-0.15, -0.1) is 0 Å². The van der Waals surface area contributed by atoms with E-state index in [0.717, 1.165) is 21.7 Å². The molecule has 0 radical (unpaired) electrons. The molecule has 0 saturated heterocycles. The Labute approximate surface area is 168 Å². The monoisotopic (exact) mass is 404 g/mol. The lowest BCUT2D eigenvalue weighted by Crippen LogP contribution is -1.97. The molecule has 3 aromatic heterocycles. The molecule has 0 unspecified atom stereocenters. The van der Waals surface area contributed by atoms with Gasteiger partial charge in [-0.25, -0.2) is 19.0 Å². The van der Waals surface area contributed by atoms with Gasteiger partial charge in [0.2, 0.25) is 11.7 Å². The number of nitrogens with zero attached hydrogens (tertiary/aromatic N) is 6. The first-order chi connectivity index (χ1) is 14.3. The van der Waals surface area contributed by atoms with Crippen molar-refractivity contribution in [2.75, 3.05) is 0 Å². The lowest BCUT2D eigenvalue weighted by Gasteiger charge is -2.03. The summed E-state index contributed by atoms with van der Waals surface area (Å²) in [5.74, 6) is 1.01. The Bertz CT molecular complexity index is 1270. The third kappa shape index (κ3) is 3.47. The molecule has 0 atom stereocenters. The van der Waals surface area contributed by atoms with E-state index in [1.54, 1.807) is 23.0 Å². The van der Waals surface area contributed by atoms with E-state index in [9.17, 15) is 4.39 Å². The number of hydrogen-bond donors (Lipinski definition) is 0. The molecule has 7 nitrogen and oxygen atoms in total. The van der Waals surface area contributed by atoms with Gasteiger partial charge >= 0.3 is 0 Å². The zero-order chi connectivity index (χ0) is 19.6. The van der Waals surface area contributed by atoms with Crippen molar-refractivity contribution in [2.45, 2.75) is 10.8 Å². The summed E-state index contributed by atoms with van der Waals surface area (Å²) in [6.07, 6.45) is 3.27. The van der Waals surface area contributed by atoms with Crippen LogP contribution in [0.1, 0.15) is 5.89 Å². The summed E-state index contributed by atoms with van der Waals surface area (Å²) in [5.41, 5.74) is 2.35. The van der Waals surface area contributed by atoms with Crippen molar-refractivity contribution in [3.8, 4) is 17.1 Å². The molecule has 0 aliphatic carbocycles. The number of fused-ring (bicyclic) bond motifs is 1. The molecule has 0 saturated carbocycles. The third-order valence-electron chi connectivity index (χ3n) is 4.23. The molecule has 9 heteroatoms. The molecule has 29 heavy (non-hydrogen) atoms. The Morgan fingerprint density at radius 3 is 2.66 bits per heavy atom. The summed E-state index contributed by atoms with van der Waals surface area (Å²) >= 11 is 1.46. The summed E-state index contributed by atoms with van der Waals surface area (Å²) in [6, 6.07) is 15.8. The molecule has 142 valence electrons. The molecular formula is C20H13FN6OS. The highest BCUT2D eigenvalue weighted by Gasteiger charge is 2.14. The fourth-order valence-corrected chi connectivity index (χ4v) is 3.65. The number of hydrogen-bond acceptors (Lipinski definition) is 7. The second-order valence-corrected chi connectivity index (χ2v) is 7.08. The van der Waals surface area contributed by atoms with Crippen LogP contribution in [0.3, 0.4) is 0 Å². The second kappa shape index (κ2) is 7.44. The highest BCUT2D eigenvalue weighted by Crippen LogP contribution is 2.28. The first-order valence-electron chi connectivity index (χ1n) is 8.73. The summed E-state index contributed by atoms with van der Waals surface area (Å²) < 4.78 is 20.2. The Kier molecular flexibility index (Phi) is 4.49. The zero-order valence-corrected chi connectivity index (χ0v) is 15.8. The fraction of sp³-hybridized carbons (Fsp3) is 0.0500. The Morgan fingerprint density at radius 2 is 1.83 bits per heavy atom. The van der Waals surface area contributed by atoms with Gasteiger partial charge in [-0.1, -0.05) is 35.1 Å². The van der Waals surface area contributed by atoms with Crippen molar-refractivity contribution >= 4 is 22.8 Å². The number of rotatable bonds is 5. The summed E-state index contributed by atoms with van der Waals surface area (Å²) in [4.78, 5) is 13.1. The number of aromatic nitrogens is 6. The molecule has 0 aliphatic rings. The zero-order valence-electron chi connectivity index (χ0n) is 14.9. The third-order valence-corrected chi connectivity index (χ3v) is 5.22. The minimum absolute atomic E-state index is 0.308. The molecule has 0 aliphatic heterocycles. The van der Waals surface area contributed by atoms with Crippen molar-refractivity contribution in [2.24, 2.45) is 0 Å². The summed E-state index contributed by atoms with van der Waals surface area (Å²) in [5, 5.41) is 10.0. The van der Waals surface area contributed by atoms with Gasteiger partial charge in [0, 0.05) is 5.56 Å². The van der Waals surface area contributed by atoms with Crippen LogP contribution in [0.4, 0.5) is 4.39 Å². The van der Waals surface area contributed by atoms with Crippen LogP contribution < -0.4 is 0 Å². The van der Waals surface area contributed by atoms with Gasteiger partial charge in [0.25, 0.3) is 0 Å². The molecule has 0 amide bonds. The van der Waals surface area contributed by atoms with Crippen molar-refractivity contribution in [1.29, 1.82) is 0 Å². The van der Waals surface area contributed by atoms with E-state index in [-0.39, 0.29) is 5.82 Å². The number of benzene rings is 2. The number of para-hydroxylation sites is 1. The maximum absolute atomic E-state index is 13.1. The summed E-state index contributed by atoms with van der Waals surface area (Å²) in [6.45, 7) is 0. The van der Waals surface area contributed by atoms with Crippen molar-refractivity contribution in [3.05, 3.63) is 78.8 Å². The highest BCUT2D eigenvalue weighted by molar-refractivity contribution is 7.98. The van der Waals surface area contributed by atoms with Crippen molar-refractivity contribution < 1.29 is 8.91 Å². The van der Waals surface area contributed by atoms with Crippen LogP contribution in [0.2, 0.25) is 0 Å². The molecule has 5 rings (SSSR count). The van der Waals surface area contributed by atoms with Crippen LogP contribution in [0, 0.1) is 5.82 Å². The van der Waals surface area contributed by atoms with Crippen LogP contribution in [0.15, 0.2) is 76.7 Å². The van der Waals surface area contributed by atoms with Crippen molar-refractivity contribution in [3.63, 3.8) is 0 Å². The predicted octanol–water partition coefficient (Wildman–Crippen LogP) is 4.30. The smallest absolute Gasteiger partial charge is 0.237 e. The molecule has 0 fully saturated rings. The predicted molar refractivity (Wildman–Crippen MR) is 106 cm³/mol. The van der Waals surface area contributed by atoms with Crippen LogP contribution >= 0.6 is 11.8 Å². The van der Waals surface area contributed by atoms with Gasteiger partial charge in [-0.05, 0) is 36.4 Å². The largest absolute Gasteiger partial charge is 0.338 e. The van der Waals surface area contributed by atoms with E-state index in [1.807, 2.05) is 30.3 Å². The standard InChI is InChI=1S/C20H13FN6OS/c21-14-8-6-13(7-9-14)18-25-17(28-26-18)11-29-20-16-10-24-27(19(16)22-12-23-20)15-4-2-1-3-5-15/h1-10,12H,11H2. The lowest BCUT2D eigenvalue weighted by atomic mass is 10.2. The molecule has 0 N–H and O–H groups in total. The van der Waals surface area contributed by atoms with E-state index >= 15 is 0 Å². The Morgan fingerprint density at radius 1 is 1.00 bits per heavy atom. The topological polar surface area (TPSA) is 82.5 Å². The van der Waals surface area contributed by atoms with Crippen LogP contribution in [-0.2, 0) is 5.75 Å². The highest BCUT2D eigenvalue weighted by atomic mass is 32.2. The Balaban J connectivity index is 1.38. The fourth-order valence-electron chi connectivity index (χ4n) is 2.86. The van der Waals surface area contributed by atoms with Gasteiger partial charge in [0.1, 0.15) is 17.2 Å². The van der Waals surface area contributed by atoms with E-state index in [0.29, 0.717) is 23.0 Å². The lowest BCUT2D eigenvalue weighted by molar-refractivity contribution is 0.391. The SMILES string of the molecule is Fc1ccc(-c2noc(CSc3ncnc4c3cnn4-c3ccccc3)n2)cc1. The van der Waals surface area contributed by atoms with E-state index in [1.165, 1.54) is 30.2 Å². The average Bonchev–Trinajstić information content (AvgIpc) is 3.41. The molecule has 0 bridgehead atoms. The number of thioether (sulfide) groups is 1. The molecule has 5 aromatic rings. The minimum Gasteiger partial charge on any atom is -0.338 e. The molecule has 3 heterocycles. The average molecular weight is 404 g/mol. The van der Waals surface area contributed by atoms with Crippen LogP contribution in [0.5, 0.6) is 0 Å². The van der Waals surface area contributed by atoms with Crippen molar-refractivity contribution in [1.82, 2.24) is 29.9 Å². The molecular weight excluding hydrogens is 391 g/mol. The quantitative estimate of drug-likeness (QED) is 0.319. The van der Waals surface area contributed by atoms with Gasteiger partial charge < -0.3 is 4.52 Å². The van der Waals surface area contributed by atoms with Gasteiger partial charge in [0.05, 0.1) is 23.0 Å². The normalized spacial score (nSPS) is 11.2. The van der Waals surface area contributed by atoms with Gasteiger partial charge in [-0.3, -0.25) is 0 Å². The molecule has 0 spiro atoms. The second-order valence-electron chi connectivity index (χ2n) is 6.12. The van der Waals surface area contributed by atoms with Gasteiger partial charge in [-0.2, -0.15) is 10.1 Å².